The molecule has 0 saturated carbocycles. The Bertz CT molecular complexity index is 465. The fraction of sp³-hybridized carbons (Fsp3) is 0.562. The third-order valence-corrected chi connectivity index (χ3v) is 2.89. The fourth-order valence-electron chi connectivity index (χ4n) is 1.93. The molecule has 0 spiro atoms. The number of nitrogens with one attached hydrogen (secondary N) is 2. The molecule has 0 bridgehead atoms. The molecule has 0 fully saturated rings. The maximum Gasteiger partial charge on any atom is 0.191 e. The highest BCUT2D eigenvalue weighted by atomic mass is 127. The summed E-state index contributed by atoms with van der Waals surface area (Å²) in [7, 11) is 3.29. The molecule has 22 heavy (non-hydrogen) atoms. The van der Waals surface area contributed by atoms with E-state index < -0.39 is 0 Å². The zero-order valence-electron chi connectivity index (χ0n) is 14.1. The lowest BCUT2D eigenvalue weighted by atomic mass is 10.1. The van der Waals surface area contributed by atoms with E-state index in [9.17, 15) is 0 Å². The van der Waals surface area contributed by atoms with Crippen LogP contribution in [-0.2, 0) is 6.42 Å². The van der Waals surface area contributed by atoms with Crippen LogP contribution in [0.15, 0.2) is 23.2 Å². The Hall–Kier alpha value is -1.18. The summed E-state index contributed by atoms with van der Waals surface area (Å²) in [6.45, 7) is 7.83. The van der Waals surface area contributed by atoms with E-state index >= 15 is 0 Å². The number of hydrogen-bond acceptors (Lipinski definition) is 3. The monoisotopic (exact) mass is 421 g/mol. The highest BCUT2D eigenvalue weighted by molar-refractivity contribution is 14.0. The third kappa shape index (κ3) is 7.20. The van der Waals surface area contributed by atoms with Gasteiger partial charge in [-0.3, -0.25) is 4.99 Å². The summed E-state index contributed by atoms with van der Waals surface area (Å²) in [5.74, 6) is 2.36. The minimum atomic E-state index is 0. The normalized spacial score (nSPS) is 10.9. The number of hydrogen-bond donors (Lipinski definition) is 2. The quantitative estimate of drug-likeness (QED) is 0.404. The molecule has 0 saturated heterocycles. The van der Waals surface area contributed by atoms with E-state index in [0.29, 0.717) is 6.04 Å². The van der Waals surface area contributed by atoms with Crippen molar-refractivity contribution < 1.29 is 9.47 Å². The molecular formula is C16H28IN3O2. The van der Waals surface area contributed by atoms with Gasteiger partial charge in [0, 0.05) is 19.1 Å². The second-order valence-corrected chi connectivity index (χ2v) is 5.00. The maximum atomic E-state index is 5.31. The van der Waals surface area contributed by atoms with Gasteiger partial charge in [-0.2, -0.15) is 0 Å². The van der Waals surface area contributed by atoms with Crippen LogP contribution in [-0.4, -0.2) is 39.3 Å². The topological polar surface area (TPSA) is 54.9 Å². The van der Waals surface area contributed by atoms with Crippen LogP contribution in [0.3, 0.4) is 0 Å². The summed E-state index contributed by atoms with van der Waals surface area (Å²) >= 11 is 0. The molecule has 0 aliphatic rings. The van der Waals surface area contributed by atoms with Gasteiger partial charge in [0.15, 0.2) is 17.5 Å². The van der Waals surface area contributed by atoms with Crippen LogP contribution in [0.2, 0.25) is 0 Å². The Labute approximate surface area is 150 Å². The molecule has 126 valence electrons. The SMILES string of the molecule is CCNC(=NCCc1ccc(OC)c(OC)c1)NC(C)C.I. The first kappa shape index (κ1) is 20.8. The number of aliphatic imine (C=N–C) groups is 1. The molecule has 0 aliphatic carbocycles. The van der Waals surface area contributed by atoms with E-state index in [1.54, 1.807) is 14.2 Å². The molecule has 1 rings (SSSR count). The van der Waals surface area contributed by atoms with Gasteiger partial charge < -0.3 is 20.1 Å². The standard InChI is InChI=1S/C16H27N3O2.HI/c1-6-17-16(19-12(2)3)18-10-9-13-7-8-14(20-4)15(11-13)21-5;/h7-8,11-12H,6,9-10H2,1-5H3,(H2,17,18,19);1H. The van der Waals surface area contributed by atoms with Crippen LogP contribution >= 0.6 is 24.0 Å². The number of nitrogens with zero attached hydrogens (tertiary/aromatic N) is 1. The van der Waals surface area contributed by atoms with Crippen LogP contribution in [0.5, 0.6) is 11.5 Å². The third-order valence-electron chi connectivity index (χ3n) is 2.89. The van der Waals surface area contributed by atoms with Crippen molar-refractivity contribution in [1.29, 1.82) is 0 Å². The zero-order valence-corrected chi connectivity index (χ0v) is 16.4. The van der Waals surface area contributed by atoms with Gasteiger partial charge in [-0.05, 0) is 44.9 Å². The van der Waals surface area contributed by atoms with Crippen LogP contribution in [0, 0.1) is 0 Å². The van der Waals surface area contributed by atoms with Crippen molar-refractivity contribution in [2.24, 2.45) is 4.99 Å². The summed E-state index contributed by atoms with van der Waals surface area (Å²) in [5.41, 5.74) is 1.18. The molecule has 0 unspecified atom stereocenters. The smallest absolute Gasteiger partial charge is 0.191 e. The second kappa shape index (κ2) is 11.4. The average Bonchev–Trinajstić information content (AvgIpc) is 2.46. The van der Waals surface area contributed by atoms with E-state index in [0.717, 1.165) is 37.0 Å². The van der Waals surface area contributed by atoms with Gasteiger partial charge in [0.1, 0.15) is 0 Å². The lowest BCUT2D eigenvalue weighted by Gasteiger charge is -2.14. The fourth-order valence-corrected chi connectivity index (χ4v) is 1.93. The van der Waals surface area contributed by atoms with Crippen molar-refractivity contribution in [3.63, 3.8) is 0 Å². The largest absolute Gasteiger partial charge is 0.493 e. The van der Waals surface area contributed by atoms with Crippen molar-refractivity contribution in [3.8, 4) is 11.5 Å². The Morgan fingerprint density at radius 1 is 1.18 bits per heavy atom. The molecule has 2 N–H and O–H groups in total. The van der Waals surface area contributed by atoms with Crippen LogP contribution in [0.25, 0.3) is 0 Å². The van der Waals surface area contributed by atoms with E-state index in [2.05, 4.69) is 36.4 Å². The number of benzene rings is 1. The van der Waals surface area contributed by atoms with Gasteiger partial charge in [0.25, 0.3) is 0 Å². The maximum absolute atomic E-state index is 5.31. The first-order valence-corrected chi connectivity index (χ1v) is 7.36. The number of halogens is 1. The number of methoxy groups -OCH3 is 2. The van der Waals surface area contributed by atoms with Crippen molar-refractivity contribution in [3.05, 3.63) is 23.8 Å². The molecule has 0 aliphatic heterocycles. The Morgan fingerprint density at radius 2 is 1.86 bits per heavy atom. The van der Waals surface area contributed by atoms with Crippen molar-refractivity contribution in [1.82, 2.24) is 10.6 Å². The summed E-state index contributed by atoms with van der Waals surface area (Å²) in [5, 5.41) is 6.54. The second-order valence-electron chi connectivity index (χ2n) is 5.00. The number of guanidine groups is 1. The zero-order chi connectivity index (χ0) is 15.7. The molecule has 0 heterocycles. The van der Waals surface area contributed by atoms with Gasteiger partial charge in [-0.25, -0.2) is 0 Å². The highest BCUT2D eigenvalue weighted by Crippen LogP contribution is 2.27. The van der Waals surface area contributed by atoms with Crippen molar-refractivity contribution in [2.45, 2.75) is 33.2 Å². The van der Waals surface area contributed by atoms with Gasteiger partial charge >= 0.3 is 0 Å². The van der Waals surface area contributed by atoms with Gasteiger partial charge in [-0.15, -0.1) is 24.0 Å². The summed E-state index contributed by atoms with van der Waals surface area (Å²) in [4.78, 5) is 4.57. The van der Waals surface area contributed by atoms with E-state index in [1.165, 1.54) is 5.56 Å². The summed E-state index contributed by atoms with van der Waals surface area (Å²) < 4.78 is 10.5. The molecule has 0 radical (unpaired) electrons. The first-order chi connectivity index (χ1) is 10.1. The summed E-state index contributed by atoms with van der Waals surface area (Å²) in [6, 6.07) is 6.33. The van der Waals surface area contributed by atoms with Crippen LogP contribution in [0.4, 0.5) is 0 Å². The molecule has 6 heteroatoms. The molecule has 0 atom stereocenters. The molecule has 1 aromatic rings. The Balaban J connectivity index is 0.00000441. The number of rotatable bonds is 7. The van der Waals surface area contributed by atoms with Gasteiger partial charge in [0.2, 0.25) is 0 Å². The number of ether oxygens (including phenoxy) is 2. The minimum absolute atomic E-state index is 0. The predicted octanol–water partition coefficient (Wildman–Crippen LogP) is 2.83. The van der Waals surface area contributed by atoms with Gasteiger partial charge in [0.05, 0.1) is 14.2 Å². The highest BCUT2D eigenvalue weighted by Gasteiger charge is 2.04. The van der Waals surface area contributed by atoms with E-state index in [1.807, 2.05) is 18.2 Å². The van der Waals surface area contributed by atoms with Crippen LogP contribution in [0.1, 0.15) is 26.3 Å². The van der Waals surface area contributed by atoms with Gasteiger partial charge in [-0.1, -0.05) is 6.07 Å². The lowest BCUT2D eigenvalue weighted by Crippen LogP contribution is -2.41. The minimum Gasteiger partial charge on any atom is -0.493 e. The molecule has 1 aromatic carbocycles. The Morgan fingerprint density at radius 3 is 2.41 bits per heavy atom. The van der Waals surface area contributed by atoms with Crippen molar-refractivity contribution >= 4 is 29.9 Å². The summed E-state index contributed by atoms with van der Waals surface area (Å²) in [6.07, 6.45) is 0.856. The predicted molar refractivity (Wildman–Crippen MR) is 103 cm³/mol. The van der Waals surface area contributed by atoms with Crippen molar-refractivity contribution in [2.75, 3.05) is 27.3 Å². The average molecular weight is 421 g/mol. The van der Waals surface area contributed by atoms with Crippen LogP contribution < -0.4 is 20.1 Å². The van der Waals surface area contributed by atoms with E-state index in [4.69, 9.17) is 9.47 Å². The van der Waals surface area contributed by atoms with E-state index in [-0.39, 0.29) is 24.0 Å². The molecule has 5 nitrogen and oxygen atoms in total. The first-order valence-electron chi connectivity index (χ1n) is 7.36. The molecule has 0 aromatic heterocycles. The lowest BCUT2D eigenvalue weighted by molar-refractivity contribution is 0.354. The molecular weight excluding hydrogens is 393 g/mol. The molecule has 0 amide bonds. The Kier molecular flexibility index (Phi) is 10.8.